The summed E-state index contributed by atoms with van der Waals surface area (Å²) in [6, 6.07) is -4.09. The van der Waals surface area contributed by atoms with Crippen LogP contribution in [0.15, 0.2) is 48.7 Å². The molecule has 0 bridgehead atoms. The Morgan fingerprint density at radius 2 is 1.38 bits per heavy atom. The number of aliphatic hydroxyl groups excluding tert-OH is 7. The number of alkyl halides is 1. The Labute approximate surface area is 499 Å². The van der Waals surface area contributed by atoms with Crippen molar-refractivity contribution in [3.05, 3.63) is 54.3 Å². The fourth-order valence-corrected chi connectivity index (χ4v) is 12.6. The molecule has 15 atom stereocenters. The van der Waals surface area contributed by atoms with Gasteiger partial charge < -0.3 is 80.3 Å². The van der Waals surface area contributed by atoms with Gasteiger partial charge in [0.25, 0.3) is 0 Å². The first-order valence-electron chi connectivity index (χ1n) is 28.3. The predicted molar refractivity (Wildman–Crippen MR) is 320 cm³/mol. The van der Waals surface area contributed by atoms with E-state index in [2.05, 4.69) is 47.4 Å². The van der Waals surface area contributed by atoms with Gasteiger partial charge in [0.1, 0.15) is 54.3 Å². The molecule has 0 aromatic heterocycles. The van der Waals surface area contributed by atoms with Crippen LogP contribution in [0.25, 0.3) is 0 Å². The Balaban J connectivity index is 1.46. The van der Waals surface area contributed by atoms with Gasteiger partial charge in [-0.25, -0.2) is 0 Å². The van der Waals surface area contributed by atoms with Gasteiger partial charge in [0.2, 0.25) is 41.4 Å². The minimum Gasteiger partial charge on any atom is -0.508 e. The van der Waals surface area contributed by atoms with Crippen LogP contribution in [0.4, 0.5) is 0 Å². The number of likely N-dealkylation sites (tertiary alicyclic amines) is 2. The number of phenolic OH excluding ortho intramolecular Hbond substituents is 1. The molecule has 0 spiro atoms. The number of aromatic hydroxyl groups is 1. The van der Waals surface area contributed by atoms with E-state index in [1.807, 2.05) is 10.1 Å². The molecule has 0 saturated carbocycles. The summed E-state index contributed by atoms with van der Waals surface area (Å²) in [5.74, 6) is -5.06. The highest BCUT2D eigenvalue weighted by molar-refractivity contribution is 14.2. The molecule has 2 fully saturated rings. The topological polar surface area (TPSA) is 351 Å². The van der Waals surface area contributed by atoms with Crippen LogP contribution in [0.5, 0.6) is 5.75 Å². The van der Waals surface area contributed by atoms with Gasteiger partial charge in [-0.15, -0.1) is 0 Å². The number of nitrogens with one attached hydrogen (secondary N) is 5. The minimum atomic E-state index is -2.25. The Hall–Kier alpha value is -4.36. The molecule has 81 heavy (non-hydrogen) atoms. The second-order valence-corrected chi connectivity index (χ2v) is 24.8. The SMILES string of the molecule is CC[C@H](C)C[C@H](C)CCCCCCCCC(=O)NCCC(=O)N[C@H](C(=O)N1C[C@H](O)C[C@H]1C(=O)N[C@H](C(=O)N[C@H](C(=O)N1CC[C@H](O)[C@H]1C(=O)N[C@@H]([C@H](O)CC)N1C=CC=CC=I1)[C@H](O)CI)[C@H](O)[C@@H](O)c1ccc(O)cc1)[C@@H](C)O. The zero-order valence-corrected chi connectivity index (χ0v) is 51.4. The molecular formula is C56H88I2N8O15. The molecule has 25 heteroatoms. The van der Waals surface area contributed by atoms with Crippen molar-refractivity contribution in [2.24, 2.45) is 11.8 Å². The quantitative estimate of drug-likeness (QED) is 0.0204. The van der Waals surface area contributed by atoms with Crippen molar-refractivity contribution >= 4 is 89.0 Å². The van der Waals surface area contributed by atoms with Crippen LogP contribution in [-0.4, -0.2) is 196 Å². The number of β-amino-alcohol motifs (C(OH)–C–C–N with tert-alkyl or cyclic N) is 1. The van der Waals surface area contributed by atoms with E-state index in [-0.39, 0.29) is 60.4 Å². The van der Waals surface area contributed by atoms with Crippen molar-refractivity contribution in [3.63, 3.8) is 0 Å². The first-order valence-corrected chi connectivity index (χ1v) is 32.0. The summed E-state index contributed by atoms with van der Waals surface area (Å²) in [6.07, 6.45) is 4.34. The number of nitrogens with zero attached hydrogens (tertiary/aromatic N) is 3. The highest BCUT2D eigenvalue weighted by Gasteiger charge is 2.48. The molecule has 7 amide bonds. The molecule has 13 N–H and O–H groups in total. The maximum atomic E-state index is 14.6. The van der Waals surface area contributed by atoms with E-state index < -0.39 is 149 Å². The van der Waals surface area contributed by atoms with E-state index in [9.17, 15) is 74.4 Å². The van der Waals surface area contributed by atoms with Gasteiger partial charge in [-0.3, -0.25) is 33.6 Å². The van der Waals surface area contributed by atoms with Crippen LogP contribution in [0.1, 0.15) is 136 Å². The summed E-state index contributed by atoms with van der Waals surface area (Å²) < 4.78 is 3.48. The van der Waals surface area contributed by atoms with Gasteiger partial charge in [-0.05, 0) is 72.2 Å². The Morgan fingerprint density at radius 1 is 0.716 bits per heavy atom. The fourth-order valence-electron chi connectivity index (χ4n) is 10.1. The maximum absolute atomic E-state index is 14.6. The lowest BCUT2D eigenvalue weighted by atomic mass is 9.91. The largest absolute Gasteiger partial charge is 0.508 e. The molecule has 3 heterocycles. The third-order valence-electron chi connectivity index (χ3n) is 15.0. The summed E-state index contributed by atoms with van der Waals surface area (Å²) in [5.41, 5.74) is -0.0392. The third kappa shape index (κ3) is 21.3. The van der Waals surface area contributed by atoms with E-state index in [0.29, 0.717) is 6.42 Å². The van der Waals surface area contributed by atoms with Crippen LogP contribution >= 0.6 is 43.6 Å². The molecule has 2 saturated heterocycles. The lowest BCUT2D eigenvalue weighted by molar-refractivity contribution is -0.148. The van der Waals surface area contributed by atoms with Crippen LogP contribution in [0, 0.1) is 11.8 Å². The molecule has 456 valence electrons. The van der Waals surface area contributed by atoms with Gasteiger partial charge in [0.05, 0.1) is 30.5 Å². The van der Waals surface area contributed by atoms with Crippen LogP contribution in [-0.2, 0) is 33.6 Å². The number of carbonyl (C=O) groups is 7. The van der Waals surface area contributed by atoms with Crippen molar-refractivity contribution in [2.45, 2.75) is 204 Å². The summed E-state index contributed by atoms with van der Waals surface area (Å²) in [4.78, 5) is 99.3. The summed E-state index contributed by atoms with van der Waals surface area (Å²) in [6.45, 7) is 9.02. The predicted octanol–water partition coefficient (Wildman–Crippen LogP) is 1.33. The molecule has 3 aliphatic rings. The second-order valence-electron chi connectivity index (χ2n) is 21.6. The Bertz CT molecular complexity index is 2280. The van der Waals surface area contributed by atoms with Gasteiger partial charge in [0.15, 0.2) is 0 Å². The number of allylic oxidation sites excluding steroid dienone is 3. The second kappa shape index (κ2) is 35.1. The van der Waals surface area contributed by atoms with Crippen molar-refractivity contribution in [2.75, 3.05) is 24.1 Å². The number of hydrogen-bond donors (Lipinski definition) is 13. The van der Waals surface area contributed by atoms with E-state index >= 15 is 0 Å². The van der Waals surface area contributed by atoms with Crippen molar-refractivity contribution < 1.29 is 74.4 Å². The maximum Gasteiger partial charge on any atom is 0.248 e. The number of aliphatic hydroxyl groups is 7. The number of phenols is 1. The molecule has 0 unspecified atom stereocenters. The standard InChI is InChI=1S/C56H88I2N8O15/c1-6-33(3)29-34(4)17-13-10-8-9-11-14-18-43(73)59-26-23-44(74)60-45(35(5)67)55(80)65-32-38(69)30-39(65)52(77)62-47(50(76)49(75)36-19-21-37(68)22-20-36)53(78)61-46(42(72)31-57)56(81)64-28-24-41(71)48(64)54(79)63-51(40(70)7-2)66-27-16-12-15-25-58-66/h12,15-16,19-22,25,27,33-35,38-42,45-51,67-72,75-76H,6-11,13-14,17-18,23-24,26,28-32H2,1-5H3,(H,59,73)(H,60,74)(H,61,78)(H,62,77)(H,63,79)/t33-,34+,35+,38+,39-,40+,41-,42+,45-,46-,47-,48-,49-,50-,51+/m0/s1. The fraction of sp³-hybridized carbons (Fsp3) is 0.679. The van der Waals surface area contributed by atoms with E-state index in [1.54, 1.807) is 51.0 Å². The highest BCUT2D eigenvalue weighted by atomic mass is 127. The monoisotopic (exact) mass is 1370 g/mol. The number of carbonyl (C=O) groups excluding carboxylic acids is 7. The van der Waals surface area contributed by atoms with Crippen molar-refractivity contribution in [1.82, 2.24) is 39.5 Å². The van der Waals surface area contributed by atoms with Crippen LogP contribution in [0.3, 0.4) is 0 Å². The number of unbranched alkanes of at least 4 members (excludes halogenated alkanes) is 5. The van der Waals surface area contributed by atoms with Crippen LogP contribution < -0.4 is 26.6 Å². The number of hydrogen-bond acceptors (Lipinski definition) is 16. The molecule has 23 nitrogen and oxygen atoms in total. The first-order chi connectivity index (χ1) is 38.5. The van der Waals surface area contributed by atoms with Gasteiger partial charge in [-0.1, -0.05) is 120 Å². The summed E-state index contributed by atoms with van der Waals surface area (Å²) in [5, 5.41) is 101. The van der Waals surface area contributed by atoms with Crippen molar-refractivity contribution in [1.29, 1.82) is 0 Å². The smallest absolute Gasteiger partial charge is 0.248 e. The zero-order valence-electron chi connectivity index (χ0n) is 47.1. The number of halogens is 2. The van der Waals surface area contributed by atoms with Crippen LogP contribution in [0.2, 0.25) is 0 Å². The van der Waals surface area contributed by atoms with Gasteiger partial charge >= 0.3 is 0 Å². The average Bonchev–Trinajstić information content (AvgIpc) is 3.98. The Kier molecular flexibility index (Phi) is 29.9. The normalized spacial score (nSPS) is 22.1. The Morgan fingerprint density at radius 3 is 2.04 bits per heavy atom. The molecule has 0 aliphatic carbocycles. The molecule has 3 aliphatic heterocycles. The van der Waals surface area contributed by atoms with E-state index in [0.717, 1.165) is 47.3 Å². The first kappa shape index (κ1) is 69.1. The highest BCUT2D eigenvalue weighted by Crippen LogP contribution is 2.27. The third-order valence-corrected chi connectivity index (χ3v) is 18.2. The van der Waals surface area contributed by atoms with Crippen molar-refractivity contribution in [3.8, 4) is 5.75 Å². The lowest BCUT2D eigenvalue weighted by Gasteiger charge is -2.36. The minimum absolute atomic E-state index is 0.0392. The summed E-state index contributed by atoms with van der Waals surface area (Å²) >= 11 is 0.894. The number of amides is 7. The average molecular weight is 1370 g/mol. The van der Waals surface area contributed by atoms with E-state index in [1.165, 1.54) is 56.9 Å². The zero-order chi connectivity index (χ0) is 59.9. The number of benzene rings is 1. The molecule has 0 radical (unpaired) electrons. The lowest BCUT2D eigenvalue weighted by Crippen LogP contribution is -2.65. The molecule has 1 aromatic carbocycles. The summed E-state index contributed by atoms with van der Waals surface area (Å²) in [7, 11) is 0. The molecular weight excluding hydrogens is 1280 g/mol. The van der Waals surface area contributed by atoms with Gasteiger partial charge in [0, 0.05) is 70.5 Å². The molecule has 1 aromatic rings. The molecule has 4 rings (SSSR count). The van der Waals surface area contributed by atoms with E-state index in [4.69, 9.17) is 0 Å². The van der Waals surface area contributed by atoms with Gasteiger partial charge in [-0.2, -0.15) is 0 Å². The number of rotatable bonds is 33.